The molecule has 0 bridgehead atoms. The zero-order valence-electron chi connectivity index (χ0n) is 13.3. The second-order valence-electron chi connectivity index (χ2n) is 6.49. The average molecular weight is 308 g/mol. The maximum atomic E-state index is 12.0. The van der Waals surface area contributed by atoms with E-state index in [2.05, 4.69) is 12.6 Å². The lowest BCUT2D eigenvalue weighted by Crippen LogP contribution is -2.22. The molecule has 0 saturated heterocycles. The van der Waals surface area contributed by atoms with E-state index >= 15 is 0 Å². The van der Waals surface area contributed by atoms with E-state index in [1.807, 2.05) is 39.0 Å². The molecule has 0 aliphatic carbocycles. The summed E-state index contributed by atoms with van der Waals surface area (Å²) < 4.78 is 11.3. The van der Waals surface area contributed by atoms with E-state index in [0.29, 0.717) is 6.42 Å². The molecule has 0 saturated carbocycles. The topological polar surface area (TPSA) is 54.4 Å². The number of ketones is 1. The summed E-state index contributed by atoms with van der Waals surface area (Å²) >= 11 is 0. The molecule has 0 aromatic heterocycles. The highest BCUT2D eigenvalue weighted by Crippen LogP contribution is 2.36. The van der Waals surface area contributed by atoms with Crippen molar-refractivity contribution in [3.05, 3.63) is 42.0 Å². The van der Waals surface area contributed by atoms with Crippen LogP contribution in [0.2, 0.25) is 0 Å². The van der Waals surface area contributed by atoms with Crippen LogP contribution in [0.25, 0.3) is 5.57 Å². The third-order valence-corrected chi connectivity index (χ3v) is 4.63. The quantitative estimate of drug-likeness (QED) is 0.766. The van der Waals surface area contributed by atoms with Gasteiger partial charge in [0, 0.05) is 25.7 Å². The minimum atomic E-state index is -3.11. The molecule has 116 valence electrons. The van der Waals surface area contributed by atoms with Crippen LogP contribution in [-0.2, 0) is 14.8 Å². The van der Waals surface area contributed by atoms with Crippen LogP contribution in [0, 0.1) is 0 Å². The Morgan fingerprint density at radius 2 is 2.00 bits per heavy atom. The maximum Gasteiger partial charge on any atom is 0.198 e. The Morgan fingerprint density at radius 3 is 2.52 bits per heavy atom. The van der Waals surface area contributed by atoms with Gasteiger partial charge in [0.25, 0.3) is 0 Å². The summed E-state index contributed by atoms with van der Waals surface area (Å²) in [6, 6.07) is 8.05. The van der Waals surface area contributed by atoms with Crippen LogP contribution in [0.5, 0.6) is 0 Å². The van der Waals surface area contributed by atoms with Gasteiger partial charge in [-0.25, -0.2) is 0 Å². The lowest BCUT2D eigenvalue weighted by molar-refractivity contribution is -0.119. The molecule has 0 radical (unpaired) electrons. The van der Waals surface area contributed by atoms with E-state index in [4.69, 9.17) is 0 Å². The van der Waals surface area contributed by atoms with Crippen LogP contribution in [-0.4, -0.2) is 23.5 Å². The maximum absolute atomic E-state index is 12.0. The standard InChI is InChI=1S/C17H25O3P/c1-13(2)14-7-6-8-15(11-14)17(3,4)12-16(18)9-10-21(5,19)20/h6-8,11H,1,9-10,12H2,2-5H3,(H,19,20). The minimum absolute atomic E-state index is 0.0249. The molecule has 0 aliphatic rings. The Kier molecular flexibility index (Phi) is 5.72. The molecule has 1 atom stereocenters. The number of hydrogen-bond donors (Lipinski definition) is 1. The SMILES string of the molecule is C=C(C)c1cccc(C(C)(C)CC(=O)CCP(C)(=O)O)c1. The fraction of sp³-hybridized carbons (Fsp3) is 0.471. The third kappa shape index (κ3) is 5.99. The Hall–Kier alpha value is -1.18. The second kappa shape index (κ2) is 6.72. The summed E-state index contributed by atoms with van der Waals surface area (Å²) in [5.41, 5.74) is 2.85. The first kappa shape index (κ1) is 17.9. The van der Waals surface area contributed by atoms with Crippen molar-refractivity contribution in [2.24, 2.45) is 0 Å². The van der Waals surface area contributed by atoms with Gasteiger partial charge in [-0.05, 0) is 23.5 Å². The van der Waals surface area contributed by atoms with Crippen molar-refractivity contribution in [2.45, 2.75) is 39.0 Å². The second-order valence-corrected chi connectivity index (χ2v) is 9.03. The molecular formula is C17H25O3P. The fourth-order valence-electron chi connectivity index (χ4n) is 2.22. The van der Waals surface area contributed by atoms with Crippen LogP contribution < -0.4 is 0 Å². The highest BCUT2D eigenvalue weighted by molar-refractivity contribution is 7.57. The van der Waals surface area contributed by atoms with Gasteiger partial charge in [0.1, 0.15) is 5.78 Å². The molecule has 1 N–H and O–H groups in total. The molecule has 21 heavy (non-hydrogen) atoms. The Bertz CT molecular complexity index is 581. The van der Waals surface area contributed by atoms with E-state index in [0.717, 1.165) is 16.7 Å². The summed E-state index contributed by atoms with van der Waals surface area (Å²) in [7, 11) is -3.11. The van der Waals surface area contributed by atoms with E-state index in [1.54, 1.807) is 0 Å². The number of carbonyl (C=O) groups is 1. The molecule has 1 rings (SSSR count). The number of hydrogen-bond acceptors (Lipinski definition) is 2. The molecule has 0 spiro atoms. The molecule has 1 unspecified atom stereocenters. The molecule has 0 aliphatic heterocycles. The normalized spacial score (nSPS) is 14.5. The first-order chi connectivity index (χ1) is 9.51. The van der Waals surface area contributed by atoms with Gasteiger partial charge in [0.2, 0.25) is 0 Å². The van der Waals surface area contributed by atoms with Gasteiger partial charge in [-0.15, -0.1) is 0 Å². The largest absolute Gasteiger partial charge is 0.344 e. The highest BCUT2D eigenvalue weighted by atomic mass is 31.2. The summed E-state index contributed by atoms with van der Waals surface area (Å²) in [6.07, 6.45) is 0.592. The van der Waals surface area contributed by atoms with Gasteiger partial charge in [-0.2, -0.15) is 0 Å². The lowest BCUT2D eigenvalue weighted by Gasteiger charge is -2.25. The molecule has 0 fully saturated rings. The van der Waals surface area contributed by atoms with Crippen molar-refractivity contribution in [3.63, 3.8) is 0 Å². The molecule has 4 heteroatoms. The van der Waals surface area contributed by atoms with E-state index in [9.17, 15) is 14.3 Å². The minimum Gasteiger partial charge on any atom is -0.344 e. The Balaban J connectivity index is 2.81. The van der Waals surface area contributed by atoms with Crippen LogP contribution >= 0.6 is 7.37 Å². The van der Waals surface area contributed by atoms with Gasteiger partial charge in [-0.3, -0.25) is 9.36 Å². The van der Waals surface area contributed by atoms with E-state index in [1.165, 1.54) is 6.66 Å². The number of benzene rings is 1. The first-order valence-corrected chi connectivity index (χ1v) is 9.38. The number of Topliss-reactive ketones (excluding diaryl/α,β-unsaturated/α-hetero) is 1. The molecule has 1 aromatic rings. The van der Waals surface area contributed by atoms with Crippen molar-refractivity contribution < 1.29 is 14.3 Å². The van der Waals surface area contributed by atoms with Gasteiger partial charge in [0.15, 0.2) is 7.37 Å². The number of allylic oxidation sites excluding steroid dienone is 1. The summed E-state index contributed by atoms with van der Waals surface area (Å²) in [6.45, 7) is 11.2. The zero-order valence-corrected chi connectivity index (χ0v) is 14.2. The molecule has 3 nitrogen and oxygen atoms in total. The van der Waals surface area contributed by atoms with Crippen molar-refractivity contribution in [3.8, 4) is 0 Å². The molecule has 0 amide bonds. The van der Waals surface area contributed by atoms with E-state index < -0.39 is 7.37 Å². The van der Waals surface area contributed by atoms with Crippen molar-refractivity contribution in [2.75, 3.05) is 12.8 Å². The number of rotatable bonds is 7. The highest BCUT2D eigenvalue weighted by Gasteiger charge is 2.25. The van der Waals surface area contributed by atoms with Gasteiger partial charge >= 0.3 is 0 Å². The van der Waals surface area contributed by atoms with Gasteiger partial charge < -0.3 is 4.89 Å². The van der Waals surface area contributed by atoms with Gasteiger partial charge in [0.05, 0.1) is 0 Å². The third-order valence-electron chi connectivity index (χ3n) is 3.58. The van der Waals surface area contributed by atoms with Crippen molar-refractivity contribution in [1.29, 1.82) is 0 Å². The summed E-state index contributed by atoms with van der Waals surface area (Å²) in [5, 5.41) is 0. The smallest absolute Gasteiger partial charge is 0.198 e. The predicted octanol–water partition coefficient (Wildman–Crippen LogP) is 4.25. The lowest BCUT2D eigenvalue weighted by atomic mass is 9.79. The Morgan fingerprint density at radius 1 is 1.38 bits per heavy atom. The zero-order chi connectivity index (χ0) is 16.3. The fourth-order valence-corrected chi connectivity index (χ4v) is 2.89. The molecular weight excluding hydrogens is 283 g/mol. The van der Waals surface area contributed by atoms with Crippen LogP contribution in [0.15, 0.2) is 30.8 Å². The van der Waals surface area contributed by atoms with Crippen molar-refractivity contribution in [1.82, 2.24) is 0 Å². The predicted molar refractivity (Wildman–Crippen MR) is 89.0 cm³/mol. The summed E-state index contributed by atoms with van der Waals surface area (Å²) in [5.74, 6) is 0.0249. The summed E-state index contributed by atoms with van der Waals surface area (Å²) in [4.78, 5) is 21.3. The first-order valence-electron chi connectivity index (χ1n) is 7.09. The van der Waals surface area contributed by atoms with Crippen LogP contribution in [0.3, 0.4) is 0 Å². The van der Waals surface area contributed by atoms with Crippen LogP contribution in [0.4, 0.5) is 0 Å². The average Bonchev–Trinajstić information content (AvgIpc) is 2.35. The Labute approximate surface area is 127 Å². The van der Waals surface area contributed by atoms with Crippen LogP contribution in [0.1, 0.15) is 44.7 Å². The van der Waals surface area contributed by atoms with Crippen molar-refractivity contribution >= 4 is 18.7 Å². The van der Waals surface area contributed by atoms with E-state index in [-0.39, 0.29) is 23.8 Å². The monoisotopic (exact) mass is 308 g/mol. The van der Waals surface area contributed by atoms with Gasteiger partial charge in [-0.1, -0.05) is 50.3 Å². The number of carbonyl (C=O) groups excluding carboxylic acids is 1. The molecule has 1 aromatic carbocycles. The molecule has 0 heterocycles.